The van der Waals surface area contributed by atoms with Crippen molar-refractivity contribution in [3.05, 3.63) is 54.0 Å². The first-order valence-corrected chi connectivity index (χ1v) is 9.42. The lowest BCUT2D eigenvalue weighted by Crippen LogP contribution is -2.27. The second-order valence-corrected chi connectivity index (χ2v) is 7.32. The van der Waals surface area contributed by atoms with Gasteiger partial charge in [-0.1, -0.05) is 13.0 Å². The normalized spacial score (nSPS) is 12.1. The van der Waals surface area contributed by atoms with E-state index in [1.165, 1.54) is 13.3 Å². The van der Waals surface area contributed by atoms with Crippen molar-refractivity contribution in [3.8, 4) is 0 Å². The molecule has 0 aliphatic carbocycles. The highest BCUT2D eigenvalue weighted by Gasteiger charge is 2.18. The first-order valence-electron chi connectivity index (χ1n) is 8.15. The van der Waals surface area contributed by atoms with Crippen LogP contribution in [0.4, 0.5) is 5.69 Å². The largest absolute Gasteiger partial charge is 0.465 e. The van der Waals surface area contributed by atoms with Crippen LogP contribution in [0, 0.1) is 0 Å². The monoisotopic (exact) mass is 372 g/mol. The van der Waals surface area contributed by atoms with Gasteiger partial charge in [0.05, 0.1) is 42.3 Å². The summed E-state index contributed by atoms with van der Waals surface area (Å²) in [6.45, 7) is 2.23. The fourth-order valence-electron chi connectivity index (χ4n) is 2.71. The Kier molecular flexibility index (Phi) is 5.32. The predicted molar refractivity (Wildman–Crippen MR) is 101 cm³/mol. The first kappa shape index (κ1) is 18.1. The number of esters is 1. The number of carbonyl (C=O) groups is 1. The van der Waals surface area contributed by atoms with Crippen LogP contribution in [0.3, 0.4) is 0 Å². The van der Waals surface area contributed by atoms with Gasteiger partial charge in [-0.2, -0.15) is 5.10 Å². The molecule has 0 aliphatic heterocycles. The summed E-state index contributed by atoms with van der Waals surface area (Å²) in [4.78, 5) is 15.9. The van der Waals surface area contributed by atoms with Crippen LogP contribution in [0.15, 0.2) is 42.7 Å². The van der Waals surface area contributed by atoms with Gasteiger partial charge < -0.3 is 4.74 Å². The van der Waals surface area contributed by atoms with Crippen LogP contribution in [0.1, 0.15) is 23.0 Å². The van der Waals surface area contributed by atoms with Gasteiger partial charge in [-0.3, -0.25) is 14.0 Å². The molecule has 1 unspecified atom stereocenters. The van der Waals surface area contributed by atoms with E-state index in [4.69, 9.17) is 0 Å². The third-order valence-electron chi connectivity index (χ3n) is 4.08. The number of anilines is 1. The van der Waals surface area contributed by atoms with Crippen molar-refractivity contribution in [1.29, 1.82) is 0 Å². The number of ether oxygens (including phenoxy) is 1. The fourth-order valence-corrected chi connectivity index (χ4v) is 3.67. The number of aryl methyl sites for hydroxylation is 1. The summed E-state index contributed by atoms with van der Waals surface area (Å²) >= 11 is 0. The number of methoxy groups -OCH3 is 1. The summed E-state index contributed by atoms with van der Waals surface area (Å²) in [5.41, 5.74) is 2.90. The van der Waals surface area contributed by atoms with E-state index in [1.807, 2.05) is 36.5 Å². The lowest BCUT2D eigenvalue weighted by molar-refractivity contribution is 0.0600. The van der Waals surface area contributed by atoms with Gasteiger partial charge in [0.25, 0.3) is 0 Å². The molecule has 0 fully saturated rings. The van der Waals surface area contributed by atoms with Crippen molar-refractivity contribution in [3.63, 3.8) is 0 Å². The summed E-state index contributed by atoms with van der Waals surface area (Å²) < 4.78 is 21.0. The number of hydrogen-bond acceptors (Lipinski definition) is 5. The maximum atomic E-state index is 12.7. The van der Waals surface area contributed by atoms with E-state index in [2.05, 4.69) is 14.8 Å². The minimum atomic E-state index is -1.21. The molecule has 0 radical (unpaired) electrons. The number of aromatic nitrogens is 3. The van der Waals surface area contributed by atoms with Crippen molar-refractivity contribution in [2.24, 2.45) is 7.05 Å². The standard InChI is InChI=1S/C18H20N4O3S/c1-4-26(24)22(12-14-9-8-13(10-19-14)18(23)25-3)17-7-5-6-16-15(17)11-20-21(16)2/h5-11H,4,12H2,1-3H3. The molecule has 0 saturated heterocycles. The second kappa shape index (κ2) is 7.65. The number of benzene rings is 1. The van der Waals surface area contributed by atoms with E-state index in [0.717, 1.165) is 16.6 Å². The minimum Gasteiger partial charge on any atom is -0.465 e. The number of hydrogen-bond donors (Lipinski definition) is 0. The van der Waals surface area contributed by atoms with E-state index < -0.39 is 17.0 Å². The molecule has 8 heteroatoms. The predicted octanol–water partition coefficient (Wildman–Crippen LogP) is 2.45. The zero-order valence-electron chi connectivity index (χ0n) is 14.9. The molecule has 3 rings (SSSR count). The maximum Gasteiger partial charge on any atom is 0.339 e. The number of pyridine rings is 1. The maximum absolute atomic E-state index is 12.7. The highest BCUT2D eigenvalue weighted by molar-refractivity contribution is 7.86. The Bertz CT molecular complexity index is 953. The molecule has 0 N–H and O–H groups in total. The van der Waals surface area contributed by atoms with E-state index in [9.17, 15) is 9.00 Å². The molecule has 1 aromatic carbocycles. The summed E-state index contributed by atoms with van der Waals surface area (Å²) in [5.74, 6) is 0.0508. The molecule has 3 aromatic rings. The summed E-state index contributed by atoms with van der Waals surface area (Å²) in [7, 11) is 1.99. The SMILES string of the molecule is CCS(=O)N(Cc1ccc(C(=O)OC)cn1)c1cccc2c1cnn2C. The highest BCUT2D eigenvalue weighted by atomic mass is 32.2. The van der Waals surface area contributed by atoms with Crippen LogP contribution < -0.4 is 4.31 Å². The van der Waals surface area contributed by atoms with Crippen LogP contribution in [0.2, 0.25) is 0 Å². The Labute approximate surface area is 154 Å². The average Bonchev–Trinajstić information content (AvgIpc) is 3.06. The van der Waals surface area contributed by atoms with Gasteiger partial charge >= 0.3 is 5.97 Å². The lowest BCUT2D eigenvalue weighted by atomic mass is 10.2. The van der Waals surface area contributed by atoms with E-state index >= 15 is 0 Å². The smallest absolute Gasteiger partial charge is 0.339 e. The summed E-state index contributed by atoms with van der Waals surface area (Å²) in [6.07, 6.45) is 3.25. The fraction of sp³-hybridized carbons (Fsp3) is 0.278. The number of fused-ring (bicyclic) bond motifs is 1. The van der Waals surface area contributed by atoms with E-state index in [-0.39, 0.29) is 0 Å². The Hall–Kier alpha value is -2.74. The van der Waals surface area contributed by atoms with E-state index in [0.29, 0.717) is 23.6 Å². The first-order chi connectivity index (χ1) is 12.5. The Balaban J connectivity index is 1.96. The molecule has 136 valence electrons. The van der Waals surface area contributed by atoms with Gasteiger partial charge in [-0.05, 0) is 24.3 Å². The molecule has 1 atom stereocenters. The van der Waals surface area contributed by atoms with Crippen LogP contribution in [0.25, 0.3) is 10.9 Å². The molecular weight excluding hydrogens is 352 g/mol. The van der Waals surface area contributed by atoms with Gasteiger partial charge in [0, 0.05) is 24.4 Å². The lowest BCUT2D eigenvalue weighted by Gasteiger charge is -2.23. The Morgan fingerprint density at radius 3 is 2.73 bits per heavy atom. The molecule has 26 heavy (non-hydrogen) atoms. The van der Waals surface area contributed by atoms with Crippen LogP contribution in [0.5, 0.6) is 0 Å². The molecule has 0 saturated carbocycles. The summed E-state index contributed by atoms with van der Waals surface area (Å²) in [5, 5.41) is 5.23. The van der Waals surface area contributed by atoms with Gasteiger partial charge in [0.15, 0.2) is 0 Å². The van der Waals surface area contributed by atoms with Crippen molar-refractivity contribution in [2.45, 2.75) is 13.5 Å². The van der Waals surface area contributed by atoms with Gasteiger partial charge in [0.1, 0.15) is 11.0 Å². The topological polar surface area (TPSA) is 77.3 Å². The van der Waals surface area contributed by atoms with Gasteiger partial charge in [-0.25, -0.2) is 9.00 Å². The zero-order valence-corrected chi connectivity index (χ0v) is 15.7. The third kappa shape index (κ3) is 3.45. The van der Waals surface area contributed by atoms with Gasteiger partial charge in [0.2, 0.25) is 0 Å². The highest BCUT2D eigenvalue weighted by Crippen LogP contribution is 2.28. The Morgan fingerprint density at radius 1 is 1.27 bits per heavy atom. The molecule has 7 nitrogen and oxygen atoms in total. The van der Waals surface area contributed by atoms with Crippen molar-refractivity contribution in [2.75, 3.05) is 17.2 Å². The molecular formula is C18H20N4O3S. The van der Waals surface area contributed by atoms with Crippen LogP contribution in [-0.2, 0) is 29.3 Å². The number of rotatable bonds is 6. The van der Waals surface area contributed by atoms with Crippen molar-refractivity contribution >= 4 is 33.5 Å². The molecule has 0 amide bonds. The van der Waals surface area contributed by atoms with Crippen molar-refractivity contribution in [1.82, 2.24) is 14.8 Å². The zero-order chi connectivity index (χ0) is 18.7. The average molecular weight is 372 g/mol. The molecule has 2 aromatic heterocycles. The van der Waals surface area contributed by atoms with Gasteiger partial charge in [-0.15, -0.1) is 0 Å². The third-order valence-corrected chi connectivity index (χ3v) is 5.39. The second-order valence-electron chi connectivity index (χ2n) is 5.65. The Morgan fingerprint density at radius 2 is 2.08 bits per heavy atom. The van der Waals surface area contributed by atoms with E-state index in [1.54, 1.807) is 23.0 Å². The summed E-state index contributed by atoms with van der Waals surface area (Å²) in [6, 6.07) is 9.23. The number of nitrogens with zero attached hydrogens (tertiary/aromatic N) is 4. The quantitative estimate of drug-likeness (QED) is 0.621. The number of carbonyl (C=O) groups excluding carboxylic acids is 1. The molecule has 2 heterocycles. The minimum absolute atomic E-state index is 0.357. The molecule has 0 bridgehead atoms. The molecule has 0 aliphatic rings. The molecule has 0 spiro atoms. The van der Waals surface area contributed by atoms with Crippen molar-refractivity contribution < 1.29 is 13.7 Å². The van der Waals surface area contributed by atoms with Crippen LogP contribution in [-0.4, -0.2) is 37.8 Å². The van der Waals surface area contributed by atoms with Crippen LogP contribution >= 0.6 is 0 Å².